The standard InChI is InChI=1S/C28H29ClN2O5S/c29-27(21-6-2-1-3-7-21)28(33)31(16-22-8-4-12-34-22)18-26(32)30(17-23-9-5-13-37-23)15-20-10-11-24-25(14-20)36-19-35-24/h1-3,5-7,9-11,13-14,22,27H,4,8,12,15-19H2. The molecule has 1 aromatic heterocycles. The van der Waals surface area contributed by atoms with Crippen LogP contribution in [0.1, 0.15) is 34.2 Å². The molecule has 2 amide bonds. The van der Waals surface area contributed by atoms with Gasteiger partial charge in [0.25, 0.3) is 0 Å². The molecule has 9 heteroatoms. The molecule has 1 fully saturated rings. The molecule has 2 aromatic carbocycles. The molecule has 3 aromatic rings. The average molecular weight is 541 g/mol. The number of carbonyl (C=O) groups excluding carboxylic acids is 2. The van der Waals surface area contributed by atoms with E-state index in [1.165, 1.54) is 0 Å². The summed E-state index contributed by atoms with van der Waals surface area (Å²) in [5.41, 5.74) is 1.63. The summed E-state index contributed by atoms with van der Waals surface area (Å²) in [6.45, 7) is 1.92. The predicted octanol–water partition coefficient (Wildman–Crippen LogP) is 4.99. The van der Waals surface area contributed by atoms with E-state index in [0.717, 1.165) is 23.3 Å². The molecular formula is C28H29ClN2O5S. The Hall–Kier alpha value is -3.07. The second-order valence-corrected chi connectivity index (χ2v) is 10.6. The molecule has 37 heavy (non-hydrogen) atoms. The van der Waals surface area contributed by atoms with Crippen LogP contribution in [0.15, 0.2) is 66.0 Å². The molecule has 2 aliphatic rings. The van der Waals surface area contributed by atoms with Crippen molar-refractivity contribution in [1.82, 2.24) is 9.80 Å². The van der Waals surface area contributed by atoms with Gasteiger partial charge in [-0.15, -0.1) is 22.9 Å². The van der Waals surface area contributed by atoms with Crippen molar-refractivity contribution in [2.45, 2.75) is 37.4 Å². The fraction of sp³-hybridized carbons (Fsp3) is 0.357. The summed E-state index contributed by atoms with van der Waals surface area (Å²) in [6.07, 6.45) is 1.70. The van der Waals surface area contributed by atoms with Crippen molar-refractivity contribution in [3.05, 3.63) is 82.0 Å². The van der Waals surface area contributed by atoms with Crippen LogP contribution in [0.4, 0.5) is 0 Å². The highest BCUT2D eigenvalue weighted by Crippen LogP contribution is 2.33. The fourth-order valence-electron chi connectivity index (χ4n) is 4.54. The van der Waals surface area contributed by atoms with Gasteiger partial charge in [0.15, 0.2) is 11.5 Å². The Morgan fingerprint density at radius 2 is 1.84 bits per heavy atom. The van der Waals surface area contributed by atoms with Crippen LogP contribution in [0.2, 0.25) is 0 Å². The molecule has 0 spiro atoms. The van der Waals surface area contributed by atoms with Crippen molar-refractivity contribution in [2.75, 3.05) is 26.5 Å². The number of rotatable bonds is 10. The van der Waals surface area contributed by atoms with Gasteiger partial charge < -0.3 is 24.0 Å². The van der Waals surface area contributed by atoms with Gasteiger partial charge in [0.2, 0.25) is 18.6 Å². The molecule has 5 rings (SSSR count). The highest BCUT2D eigenvalue weighted by atomic mass is 35.5. The van der Waals surface area contributed by atoms with Crippen LogP contribution in [-0.2, 0) is 27.4 Å². The minimum absolute atomic E-state index is 0.0787. The number of ether oxygens (including phenoxy) is 3. The molecule has 1 saturated heterocycles. The maximum atomic E-state index is 13.8. The average Bonchev–Trinajstić information content (AvgIpc) is 3.71. The lowest BCUT2D eigenvalue weighted by Crippen LogP contribution is -2.46. The first-order chi connectivity index (χ1) is 18.1. The lowest BCUT2D eigenvalue weighted by Gasteiger charge is -2.30. The molecule has 0 bridgehead atoms. The van der Waals surface area contributed by atoms with Gasteiger partial charge in [-0.3, -0.25) is 9.59 Å². The van der Waals surface area contributed by atoms with E-state index in [-0.39, 0.29) is 31.3 Å². The van der Waals surface area contributed by atoms with Gasteiger partial charge in [0.05, 0.1) is 19.2 Å². The predicted molar refractivity (Wildman–Crippen MR) is 142 cm³/mol. The van der Waals surface area contributed by atoms with Gasteiger partial charge in [-0.05, 0) is 47.5 Å². The van der Waals surface area contributed by atoms with Crippen LogP contribution >= 0.6 is 22.9 Å². The third kappa shape index (κ3) is 6.44. The van der Waals surface area contributed by atoms with Crippen molar-refractivity contribution >= 4 is 34.8 Å². The largest absolute Gasteiger partial charge is 0.454 e. The Balaban J connectivity index is 1.35. The van der Waals surface area contributed by atoms with E-state index in [0.29, 0.717) is 43.3 Å². The zero-order valence-corrected chi connectivity index (χ0v) is 22.0. The molecule has 0 saturated carbocycles. The number of halogens is 1. The monoisotopic (exact) mass is 540 g/mol. The molecular weight excluding hydrogens is 512 g/mol. The van der Waals surface area contributed by atoms with E-state index in [4.69, 9.17) is 25.8 Å². The first kappa shape index (κ1) is 25.6. The quantitative estimate of drug-likeness (QED) is 0.339. The van der Waals surface area contributed by atoms with Gasteiger partial charge in [-0.1, -0.05) is 42.5 Å². The second kappa shape index (κ2) is 12.0. The molecule has 2 atom stereocenters. The number of nitrogens with zero attached hydrogens (tertiary/aromatic N) is 2. The van der Waals surface area contributed by atoms with Crippen LogP contribution in [-0.4, -0.2) is 54.2 Å². The van der Waals surface area contributed by atoms with Crippen molar-refractivity contribution in [2.24, 2.45) is 0 Å². The van der Waals surface area contributed by atoms with Crippen molar-refractivity contribution < 1.29 is 23.8 Å². The van der Waals surface area contributed by atoms with E-state index < -0.39 is 5.38 Å². The van der Waals surface area contributed by atoms with Gasteiger partial charge in [-0.25, -0.2) is 0 Å². The number of alkyl halides is 1. The van der Waals surface area contributed by atoms with E-state index in [1.807, 2.05) is 66.0 Å². The third-order valence-electron chi connectivity index (χ3n) is 6.48. The third-order valence-corrected chi connectivity index (χ3v) is 7.78. The Morgan fingerprint density at radius 1 is 1.00 bits per heavy atom. The van der Waals surface area contributed by atoms with E-state index in [2.05, 4.69) is 0 Å². The first-order valence-corrected chi connectivity index (χ1v) is 13.7. The Bertz CT molecular complexity index is 1200. The number of fused-ring (bicyclic) bond motifs is 1. The summed E-state index contributed by atoms with van der Waals surface area (Å²) in [4.78, 5) is 31.7. The van der Waals surface area contributed by atoms with Crippen LogP contribution in [0.5, 0.6) is 11.5 Å². The van der Waals surface area contributed by atoms with Crippen molar-refractivity contribution in [3.8, 4) is 11.5 Å². The molecule has 194 valence electrons. The minimum atomic E-state index is -0.880. The van der Waals surface area contributed by atoms with Crippen LogP contribution in [0, 0.1) is 0 Å². The highest BCUT2D eigenvalue weighted by molar-refractivity contribution is 7.09. The number of hydrogen-bond acceptors (Lipinski definition) is 6. The summed E-state index contributed by atoms with van der Waals surface area (Å²) in [7, 11) is 0. The van der Waals surface area contributed by atoms with Crippen LogP contribution < -0.4 is 9.47 Å². The molecule has 0 aliphatic carbocycles. The number of hydrogen-bond donors (Lipinski definition) is 0. The maximum Gasteiger partial charge on any atom is 0.245 e. The Kier molecular flexibility index (Phi) is 8.28. The second-order valence-electron chi connectivity index (χ2n) is 9.14. The lowest BCUT2D eigenvalue weighted by molar-refractivity contribution is -0.142. The first-order valence-electron chi connectivity index (χ1n) is 12.3. The van der Waals surface area contributed by atoms with E-state index in [9.17, 15) is 9.59 Å². The molecule has 0 radical (unpaired) electrons. The SMILES string of the molecule is O=C(CN(CC1CCCO1)C(=O)C(Cl)c1ccccc1)N(Cc1ccc2c(c1)OCO2)Cc1cccs1. The normalized spacial score (nSPS) is 16.9. The Morgan fingerprint density at radius 3 is 2.59 bits per heavy atom. The summed E-state index contributed by atoms with van der Waals surface area (Å²) < 4.78 is 16.7. The smallest absolute Gasteiger partial charge is 0.245 e. The maximum absolute atomic E-state index is 13.8. The zero-order chi connectivity index (χ0) is 25.6. The lowest BCUT2D eigenvalue weighted by atomic mass is 10.1. The summed E-state index contributed by atoms with van der Waals surface area (Å²) in [5, 5.41) is 1.11. The molecule has 7 nitrogen and oxygen atoms in total. The minimum Gasteiger partial charge on any atom is -0.454 e. The molecule has 0 N–H and O–H groups in total. The Labute approximate surface area is 225 Å². The van der Waals surface area contributed by atoms with Gasteiger partial charge in [0, 0.05) is 24.6 Å². The summed E-state index contributed by atoms with van der Waals surface area (Å²) >= 11 is 8.21. The van der Waals surface area contributed by atoms with Crippen LogP contribution in [0.25, 0.3) is 0 Å². The van der Waals surface area contributed by atoms with Crippen LogP contribution in [0.3, 0.4) is 0 Å². The topological polar surface area (TPSA) is 68.3 Å². The summed E-state index contributed by atoms with van der Waals surface area (Å²) in [5.74, 6) is 0.913. The molecule has 2 aliphatic heterocycles. The fourth-order valence-corrected chi connectivity index (χ4v) is 5.54. The summed E-state index contributed by atoms with van der Waals surface area (Å²) in [6, 6.07) is 18.9. The van der Waals surface area contributed by atoms with E-state index in [1.54, 1.807) is 21.1 Å². The van der Waals surface area contributed by atoms with Crippen molar-refractivity contribution in [1.29, 1.82) is 0 Å². The number of thiophene rings is 1. The highest BCUT2D eigenvalue weighted by Gasteiger charge is 2.31. The van der Waals surface area contributed by atoms with Crippen molar-refractivity contribution in [3.63, 3.8) is 0 Å². The van der Waals surface area contributed by atoms with Gasteiger partial charge in [0.1, 0.15) is 5.38 Å². The zero-order valence-electron chi connectivity index (χ0n) is 20.4. The number of amides is 2. The van der Waals surface area contributed by atoms with Gasteiger partial charge in [-0.2, -0.15) is 0 Å². The van der Waals surface area contributed by atoms with E-state index >= 15 is 0 Å². The molecule has 2 unspecified atom stereocenters. The number of benzene rings is 2. The number of carbonyl (C=O) groups is 2. The molecule has 3 heterocycles. The van der Waals surface area contributed by atoms with Gasteiger partial charge >= 0.3 is 0 Å².